The monoisotopic (exact) mass is 294 g/mol. The van der Waals surface area contributed by atoms with Crippen molar-refractivity contribution in [1.82, 2.24) is 4.90 Å². The van der Waals surface area contributed by atoms with Gasteiger partial charge in [-0.2, -0.15) is 0 Å². The number of fused-ring (bicyclic) bond motifs is 1. The van der Waals surface area contributed by atoms with Crippen LogP contribution in [0.5, 0.6) is 0 Å². The van der Waals surface area contributed by atoms with Gasteiger partial charge in [0.2, 0.25) is 5.91 Å². The van der Waals surface area contributed by atoms with E-state index in [0.717, 1.165) is 24.0 Å². The van der Waals surface area contributed by atoms with E-state index in [1.54, 1.807) is 0 Å². The van der Waals surface area contributed by atoms with E-state index >= 15 is 0 Å². The first-order valence-electron chi connectivity index (χ1n) is 7.68. The Morgan fingerprint density at radius 2 is 1.73 bits per heavy atom. The standard InChI is InChI=1S/C19H22N2O/c1-21(2)17-12-13-19(18(20)22,14-8-4-3-5-9-14)16-11-7-6-10-15(16)17/h3-11,17H,12-13H2,1-2H3,(H2,20,22)/t17-,19-/m1/s1. The molecule has 3 heteroatoms. The predicted octanol–water partition coefficient (Wildman–Crippen LogP) is 2.85. The zero-order chi connectivity index (χ0) is 15.7. The molecule has 0 spiro atoms. The normalized spacial score (nSPS) is 24.0. The maximum atomic E-state index is 12.5. The number of benzene rings is 2. The van der Waals surface area contributed by atoms with Crippen LogP contribution in [-0.2, 0) is 10.2 Å². The summed E-state index contributed by atoms with van der Waals surface area (Å²) in [6, 6.07) is 18.5. The predicted molar refractivity (Wildman–Crippen MR) is 88.5 cm³/mol. The number of carbonyl (C=O) groups is 1. The molecule has 0 unspecified atom stereocenters. The Kier molecular flexibility index (Phi) is 3.75. The molecule has 2 aromatic rings. The van der Waals surface area contributed by atoms with E-state index in [1.807, 2.05) is 42.5 Å². The summed E-state index contributed by atoms with van der Waals surface area (Å²) in [7, 11) is 4.17. The Labute approximate surface area is 131 Å². The summed E-state index contributed by atoms with van der Waals surface area (Å²) in [5.41, 5.74) is 8.46. The van der Waals surface area contributed by atoms with Crippen molar-refractivity contribution in [3.8, 4) is 0 Å². The van der Waals surface area contributed by atoms with E-state index in [2.05, 4.69) is 31.1 Å². The maximum Gasteiger partial charge on any atom is 0.232 e. The first-order chi connectivity index (χ1) is 10.6. The third kappa shape index (κ3) is 2.13. The van der Waals surface area contributed by atoms with Crippen LogP contribution in [0.1, 0.15) is 35.6 Å². The van der Waals surface area contributed by atoms with Gasteiger partial charge in [0, 0.05) is 6.04 Å². The van der Waals surface area contributed by atoms with Gasteiger partial charge in [0.05, 0.1) is 5.41 Å². The van der Waals surface area contributed by atoms with Crippen molar-refractivity contribution in [2.45, 2.75) is 24.3 Å². The molecule has 1 amide bonds. The smallest absolute Gasteiger partial charge is 0.232 e. The molecule has 0 radical (unpaired) electrons. The van der Waals surface area contributed by atoms with Crippen LogP contribution in [0.15, 0.2) is 54.6 Å². The van der Waals surface area contributed by atoms with Gasteiger partial charge in [-0.1, -0.05) is 54.6 Å². The highest BCUT2D eigenvalue weighted by atomic mass is 16.1. The van der Waals surface area contributed by atoms with E-state index in [9.17, 15) is 4.79 Å². The Balaban J connectivity index is 2.25. The summed E-state index contributed by atoms with van der Waals surface area (Å²) in [4.78, 5) is 14.7. The van der Waals surface area contributed by atoms with E-state index in [-0.39, 0.29) is 5.91 Å². The Bertz CT molecular complexity index is 681. The molecule has 22 heavy (non-hydrogen) atoms. The largest absolute Gasteiger partial charge is 0.369 e. The molecule has 0 fully saturated rings. The van der Waals surface area contributed by atoms with E-state index < -0.39 is 5.41 Å². The van der Waals surface area contributed by atoms with Gasteiger partial charge in [-0.05, 0) is 43.6 Å². The first-order valence-corrected chi connectivity index (χ1v) is 7.68. The van der Waals surface area contributed by atoms with E-state index in [4.69, 9.17) is 5.73 Å². The molecule has 0 saturated carbocycles. The lowest BCUT2D eigenvalue weighted by atomic mass is 9.64. The fourth-order valence-electron chi connectivity index (χ4n) is 3.78. The Morgan fingerprint density at radius 3 is 2.36 bits per heavy atom. The van der Waals surface area contributed by atoms with Crippen LogP contribution in [0.3, 0.4) is 0 Å². The number of amides is 1. The van der Waals surface area contributed by atoms with Gasteiger partial charge in [-0.15, -0.1) is 0 Å². The van der Waals surface area contributed by atoms with Crippen LogP contribution in [0.2, 0.25) is 0 Å². The number of hydrogen-bond acceptors (Lipinski definition) is 2. The summed E-state index contributed by atoms with van der Waals surface area (Å²) < 4.78 is 0. The van der Waals surface area contributed by atoms with Crippen molar-refractivity contribution >= 4 is 5.91 Å². The third-order valence-electron chi connectivity index (χ3n) is 4.88. The molecule has 2 aromatic carbocycles. The Morgan fingerprint density at radius 1 is 1.09 bits per heavy atom. The van der Waals surface area contributed by atoms with Crippen molar-refractivity contribution in [3.63, 3.8) is 0 Å². The maximum absolute atomic E-state index is 12.5. The van der Waals surface area contributed by atoms with Crippen LogP contribution < -0.4 is 5.73 Å². The van der Waals surface area contributed by atoms with Crippen LogP contribution in [-0.4, -0.2) is 24.9 Å². The lowest BCUT2D eigenvalue weighted by molar-refractivity contribution is -0.122. The summed E-state index contributed by atoms with van der Waals surface area (Å²) in [5, 5.41) is 0. The number of nitrogens with zero attached hydrogens (tertiary/aromatic N) is 1. The lowest BCUT2D eigenvalue weighted by Gasteiger charge is -2.42. The van der Waals surface area contributed by atoms with Gasteiger partial charge < -0.3 is 10.6 Å². The number of primary amides is 1. The molecule has 0 heterocycles. The summed E-state index contributed by atoms with van der Waals surface area (Å²) >= 11 is 0. The molecule has 2 N–H and O–H groups in total. The highest BCUT2D eigenvalue weighted by Crippen LogP contribution is 2.47. The molecule has 114 valence electrons. The average molecular weight is 294 g/mol. The second-order valence-electron chi connectivity index (χ2n) is 6.24. The molecule has 0 saturated heterocycles. The van der Waals surface area contributed by atoms with Crippen molar-refractivity contribution in [1.29, 1.82) is 0 Å². The molecule has 2 atom stereocenters. The van der Waals surface area contributed by atoms with Crippen LogP contribution in [0, 0.1) is 0 Å². The quantitative estimate of drug-likeness (QED) is 0.946. The van der Waals surface area contributed by atoms with Gasteiger partial charge in [0.25, 0.3) is 0 Å². The zero-order valence-electron chi connectivity index (χ0n) is 13.1. The van der Waals surface area contributed by atoms with E-state index in [1.165, 1.54) is 5.56 Å². The van der Waals surface area contributed by atoms with Crippen molar-refractivity contribution in [2.75, 3.05) is 14.1 Å². The average Bonchev–Trinajstić information content (AvgIpc) is 2.54. The summed E-state index contributed by atoms with van der Waals surface area (Å²) in [6.45, 7) is 0. The van der Waals surface area contributed by atoms with Crippen molar-refractivity contribution in [3.05, 3.63) is 71.3 Å². The molecule has 1 aliphatic rings. The topological polar surface area (TPSA) is 46.3 Å². The van der Waals surface area contributed by atoms with Crippen LogP contribution in [0.25, 0.3) is 0 Å². The van der Waals surface area contributed by atoms with Gasteiger partial charge in [-0.25, -0.2) is 0 Å². The van der Waals surface area contributed by atoms with Gasteiger partial charge in [0.1, 0.15) is 0 Å². The molecule has 0 bridgehead atoms. The lowest BCUT2D eigenvalue weighted by Crippen LogP contribution is -2.46. The SMILES string of the molecule is CN(C)[C@@H]1CC[C@@](C(N)=O)(c2ccccc2)c2ccccc21. The molecule has 0 aliphatic heterocycles. The number of rotatable bonds is 3. The van der Waals surface area contributed by atoms with Crippen LogP contribution in [0.4, 0.5) is 0 Å². The van der Waals surface area contributed by atoms with Crippen molar-refractivity contribution in [2.24, 2.45) is 5.73 Å². The van der Waals surface area contributed by atoms with Gasteiger partial charge in [-0.3, -0.25) is 4.79 Å². The number of carbonyl (C=O) groups excluding carboxylic acids is 1. The summed E-state index contributed by atoms with van der Waals surface area (Å²) in [6.07, 6.45) is 1.66. The molecular formula is C19H22N2O. The highest BCUT2D eigenvalue weighted by Gasteiger charge is 2.46. The first kappa shape index (κ1) is 14.8. The fourth-order valence-corrected chi connectivity index (χ4v) is 3.78. The molecule has 3 rings (SSSR count). The Hall–Kier alpha value is -2.13. The second kappa shape index (κ2) is 5.58. The molecule has 3 nitrogen and oxygen atoms in total. The third-order valence-corrected chi connectivity index (χ3v) is 4.88. The second-order valence-corrected chi connectivity index (χ2v) is 6.24. The van der Waals surface area contributed by atoms with Gasteiger partial charge in [0.15, 0.2) is 0 Å². The fraction of sp³-hybridized carbons (Fsp3) is 0.316. The minimum absolute atomic E-state index is 0.261. The van der Waals surface area contributed by atoms with Crippen LogP contribution >= 0.6 is 0 Å². The molecule has 1 aliphatic carbocycles. The number of nitrogens with two attached hydrogens (primary N) is 1. The molecular weight excluding hydrogens is 272 g/mol. The van der Waals surface area contributed by atoms with E-state index in [0.29, 0.717) is 6.04 Å². The summed E-state index contributed by atoms with van der Waals surface area (Å²) in [5.74, 6) is -0.261. The zero-order valence-corrected chi connectivity index (χ0v) is 13.1. The highest BCUT2D eigenvalue weighted by molar-refractivity contribution is 5.91. The minimum Gasteiger partial charge on any atom is -0.369 e. The number of hydrogen-bond donors (Lipinski definition) is 1. The van der Waals surface area contributed by atoms with Crippen molar-refractivity contribution < 1.29 is 4.79 Å². The molecule has 0 aromatic heterocycles. The van der Waals surface area contributed by atoms with Gasteiger partial charge >= 0.3 is 0 Å². The minimum atomic E-state index is -0.718.